The Morgan fingerprint density at radius 2 is 1.50 bits per heavy atom. The number of para-hydroxylation sites is 2. The van der Waals surface area contributed by atoms with Gasteiger partial charge < -0.3 is 0 Å². The van der Waals surface area contributed by atoms with Crippen LogP contribution >= 0.6 is 11.6 Å². The molecule has 0 N–H and O–H groups in total. The van der Waals surface area contributed by atoms with Gasteiger partial charge in [0.2, 0.25) is 0 Å². The summed E-state index contributed by atoms with van der Waals surface area (Å²) in [5.41, 5.74) is 2.86. The summed E-state index contributed by atoms with van der Waals surface area (Å²) >= 11 is 6.32. The number of aromatic nitrogens is 2. The van der Waals surface area contributed by atoms with Crippen LogP contribution in [0.1, 0.15) is 50.1 Å². The first kappa shape index (κ1) is 11.9. The van der Waals surface area contributed by atoms with E-state index in [2.05, 4.69) is 4.98 Å². The van der Waals surface area contributed by atoms with Gasteiger partial charge in [-0.05, 0) is 25.0 Å². The molecule has 0 unspecified atom stereocenters. The van der Waals surface area contributed by atoms with Crippen LogP contribution in [0.2, 0.25) is 5.15 Å². The third-order valence-electron chi connectivity index (χ3n) is 3.79. The second kappa shape index (κ2) is 5.23. The molecule has 3 rings (SSSR count). The number of hydrogen-bond acceptors (Lipinski definition) is 2. The van der Waals surface area contributed by atoms with E-state index in [1.807, 2.05) is 24.3 Å². The van der Waals surface area contributed by atoms with E-state index in [1.54, 1.807) is 0 Å². The third-order valence-corrected chi connectivity index (χ3v) is 4.07. The average Bonchev–Trinajstić information content (AvgIpc) is 2.66. The van der Waals surface area contributed by atoms with Crippen LogP contribution in [0.25, 0.3) is 11.0 Å². The normalized spacial score (nSPS) is 17.8. The number of rotatable bonds is 1. The molecule has 1 aromatic heterocycles. The van der Waals surface area contributed by atoms with Gasteiger partial charge in [-0.1, -0.05) is 49.4 Å². The molecule has 0 radical (unpaired) electrons. The van der Waals surface area contributed by atoms with E-state index < -0.39 is 0 Å². The van der Waals surface area contributed by atoms with E-state index in [0.29, 0.717) is 11.1 Å². The first-order valence-electron chi connectivity index (χ1n) is 6.77. The summed E-state index contributed by atoms with van der Waals surface area (Å²) in [7, 11) is 0. The maximum atomic E-state index is 6.32. The van der Waals surface area contributed by atoms with E-state index in [4.69, 9.17) is 16.6 Å². The first-order chi connectivity index (χ1) is 8.84. The van der Waals surface area contributed by atoms with Crippen molar-refractivity contribution in [2.24, 2.45) is 0 Å². The van der Waals surface area contributed by atoms with Crippen molar-refractivity contribution in [2.75, 3.05) is 0 Å². The highest BCUT2D eigenvalue weighted by molar-refractivity contribution is 6.30. The fourth-order valence-electron chi connectivity index (χ4n) is 2.80. The lowest BCUT2D eigenvalue weighted by atomic mass is 9.97. The van der Waals surface area contributed by atoms with Crippen LogP contribution in [0, 0.1) is 0 Å². The molecule has 1 fully saturated rings. The van der Waals surface area contributed by atoms with E-state index in [9.17, 15) is 0 Å². The molecular formula is C15H17ClN2. The summed E-state index contributed by atoms with van der Waals surface area (Å²) in [6, 6.07) is 7.95. The molecule has 1 saturated carbocycles. The third kappa shape index (κ3) is 2.35. The molecule has 0 bridgehead atoms. The summed E-state index contributed by atoms with van der Waals surface area (Å²) < 4.78 is 0. The van der Waals surface area contributed by atoms with Gasteiger partial charge in [-0.2, -0.15) is 0 Å². The molecule has 18 heavy (non-hydrogen) atoms. The SMILES string of the molecule is Clc1nc2ccccc2nc1C1CCCCCC1. The van der Waals surface area contributed by atoms with E-state index in [1.165, 1.54) is 38.5 Å². The zero-order valence-electron chi connectivity index (χ0n) is 10.4. The summed E-state index contributed by atoms with van der Waals surface area (Å²) in [5, 5.41) is 0.598. The van der Waals surface area contributed by atoms with Gasteiger partial charge in [0.1, 0.15) is 0 Å². The molecule has 0 amide bonds. The largest absolute Gasteiger partial charge is 0.248 e. The van der Waals surface area contributed by atoms with Crippen LogP contribution in [-0.2, 0) is 0 Å². The van der Waals surface area contributed by atoms with Crippen LogP contribution in [0.15, 0.2) is 24.3 Å². The standard InChI is InChI=1S/C15H17ClN2/c16-15-14(11-7-3-1-2-4-8-11)17-12-9-5-6-10-13(12)18-15/h5-6,9-11H,1-4,7-8H2. The fourth-order valence-corrected chi connectivity index (χ4v) is 3.09. The summed E-state index contributed by atoms with van der Waals surface area (Å²) in [4.78, 5) is 9.23. The van der Waals surface area contributed by atoms with Gasteiger partial charge in [-0.15, -0.1) is 0 Å². The number of benzene rings is 1. The van der Waals surface area contributed by atoms with Crippen molar-refractivity contribution in [2.45, 2.75) is 44.4 Å². The lowest BCUT2D eigenvalue weighted by molar-refractivity contribution is 0.578. The average molecular weight is 261 g/mol. The Hall–Kier alpha value is -1.15. The number of hydrogen-bond donors (Lipinski definition) is 0. The molecular weight excluding hydrogens is 244 g/mol. The zero-order chi connectivity index (χ0) is 12.4. The quantitative estimate of drug-likeness (QED) is 0.694. The molecule has 0 saturated heterocycles. The molecule has 1 aliphatic carbocycles. The highest BCUT2D eigenvalue weighted by atomic mass is 35.5. The van der Waals surface area contributed by atoms with Crippen molar-refractivity contribution >= 4 is 22.6 Å². The maximum Gasteiger partial charge on any atom is 0.151 e. The maximum absolute atomic E-state index is 6.32. The van der Waals surface area contributed by atoms with E-state index in [0.717, 1.165) is 16.7 Å². The van der Waals surface area contributed by atoms with Crippen LogP contribution in [0.3, 0.4) is 0 Å². The van der Waals surface area contributed by atoms with Gasteiger partial charge in [0.15, 0.2) is 5.15 Å². The van der Waals surface area contributed by atoms with Crippen molar-refractivity contribution in [1.29, 1.82) is 0 Å². The molecule has 2 nitrogen and oxygen atoms in total. The van der Waals surface area contributed by atoms with E-state index in [-0.39, 0.29) is 0 Å². The lowest BCUT2D eigenvalue weighted by Gasteiger charge is -2.15. The summed E-state index contributed by atoms with van der Waals surface area (Å²) in [6.07, 6.45) is 7.66. The lowest BCUT2D eigenvalue weighted by Crippen LogP contribution is -2.03. The van der Waals surface area contributed by atoms with Crippen LogP contribution in [-0.4, -0.2) is 9.97 Å². The van der Waals surface area contributed by atoms with Gasteiger partial charge in [0.25, 0.3) is 0 Å². The minimum Gasteiger partial charge on any atom is -0.248 e. The molecule has 0 atom stereocenters. The molecule has 0 spiro atoms. The molecule has 3 heteroatoms. The second-order valence-corrected chi connectivity index (χ2v) is 5.43. The van der Waals surface area contributed by atoms with Crippen LogP contribution < -0.4 is 0 Å². The summed E-state index contributed by atoms with van der Waals surface area (Å²) in [6.45, 7) is 0. The minimum atomic E-state index is 0.497. The van der Waals surface area contributed by atoms with Gasteiger partial charge >= 0.3 is 0 Å². The number of nitrogens with zero attached hydrogens (tertiary/aromatic N) is 2. The Labute approximate surface area is 112 Å². The number of fused-ring (bicyclic) bond motifs is 1. The Kier molecular flexibility index (Phi) is 3.46. The Morgan fingerprint density at radius 1 is 0.889 bits per heavy atom. The monoisotopic (exact) mass is 260 g/mol. The first-order valence-corrected chi connectivity index (χ1v) is 7.14. The summed E-state index contributed by atoms with van der Waals surface area (Å²) in [5.74, 6) is 0.497. The van der Waals surface area contributed by atoms with Crippen molar-refractivity contribution in [3.05, 3.63) is 35.1 Å². The smallest absolute Gasteiger partial charge is 0.151 e. The van der Waals surface area contributed by atoms with Crippen molar-refractivity contribution in [3.63, 3.8) is 0 Å². The highest BCUT2D eigenvalue weighted by Crippen LogP contribution is 2.34. The van der Waals surface area contributed by atoms with Gasteiger partial charge in [-0.25, -0.2) is 9.97 Å². The van der Waals surface area contributed by atoms with Gasteiger partial charge in [0, 0.05) is 5.92 Å². The molecule has 0 aliphatic heterocycles. The number of halogens is 1. The zero-order valence-corrected chi connectivity index (χ0v) is 11.2. The Morgan fingerprint density at radius 3 is 2.17 bits per heavy atom. The molecule has 1 heterocycles. The fraction of sp³-hybridized carbons (Fsp3) is 0.467. The van der Waals surface area contributed by atoms with Crippen molar-refractivity contribution in [1.82, 2.24) is 9.97 Å². The van der Waals surface area contributed by atoms with Crippen molar-refractivity contribution in [3.8, 4) is 0 Å². The topological polar surface area (TPSA) is 25.8 Å². The van der Waals surface area contributed by atoms with Gasteiger partial charge in [-0.3, -0.25) is 0 Å². The van der Waals surface area contributed by atoms with Crippen LogP contribution in [0.4, 0.5) is 0 Å². The molecule has 1 aliphatic rings. The van der Waals surface area contributed by atoms with Crippen molar-refractivity contribution < 1.29 is 0 Å². The predicted molar refractivity (Wildman–Crippen MR) is 75.0 cm³/mol. The van der Waals surface area contributed by atoms with Crippen LogP contribution in [0.5, 0.6) is 0 Å². The Bertz CT molecular complexity index is 545. The minimum absolute atomic E-state index is 0.497. The molecule has 1 aromatic carbocycles. The second-order valence-electron chi connectivity index (χ2n) is 5.08. The van der Waals surface area contributed by atoms with E-state index >= 15 is 0 Å². The van der Waals surface area contributed by atoms with Gasteiger partial charge in [0.05, 0.1) is 16.7 Å². The Balaban J connectivity index is 2.02. The molecule has 2 aromatic rings. The highest BCUT2D eigenvalue weighted by Gasteiger charge is 2.19. The molecule has 94 valence electrons. The predicted octanol–water partition coefficient (Wildman–Crippen LogP) is 4.72.